The third kappa shape index (κ3) is 2.82. The molecule has 0 amide bonds. The van der Waals surface area contributed by atoms with Gasteiger partial charge in [0, 0.05) is 6.61 Å². The molecule has 1 aliphatic carbocycles. The van der Waals surface area contributed by atoms with Crippen molar-refractivity contribution < 1.29 is 14.3 Å². The second kappa shape index (κ2) is 3.56. The molecule has 0 aromatic heterocycles. The molecule has 0 bridgehead atoms. The van der Waals surface area contributed by atoms with Gasteiger partial charge in [-0.2, -0.15) is 0 Å². The van der Waals surface area contributed by atoms with Gasteiger partial charge >= 0.3 is 5.97 Å². The maximum atomic E-state index is 10.7. The number of esters is 1. The van der Waals surface area contributed by atoms with Crippen LogP contribution in [0.1, 0.15) is 19.8 Å². The van der Waals surface area contributed by atoms with Crippen LogP contribution >= 0.6 is 0 Å². The minimum absolute atomic E-state index is 0.104. The predicted octanol–water partition coefficient (Wildman–Crippen LogP) is 0.728. The van der Waals surface area contributed by atoms with Crippen LogP contribution in [0.3, 0.4) is 0 Å². The quantitative estimate of drug-likeness (QED) is 0.545. The lowest BCUT2D eigenvalue weighted by Gasteiger charge is -2.01. The molecule has 58 valence electrons. The molecule has 1 fully saturated rings. The Hall–Kier alpha value is -0.570. The number of ether oxygens (including phenoxy) is 2. The summed E-state index contributed by atoms with van der Waals surface area (Å²) in [5.74, 6) is -0.232. The normalized spacial score (nSPS) is 16.9. The summed E-state index contributed by atoms with van der Waals surface area (Å²) in [6.45, 7) is 2.52. The standard InChI is InChI=1S/C7H12O3/c1-2-9-5-7(8)10-6-3-4-6/h6H,2-5H2,1H3. The molecular formula is C7H12O3. The van der Waals surface area contributed by atoms with E-state index in [9.17, 15) is 4.79 Å². The van der Waals surface area contributed by atoms with Crippen molar-refractivity contribution >= 4 is 5.97 Å². The van der Waals surface area contributed by atoms with Gasteiger partial charge in [0.1, 0.15) is 12.7 Å². The topological polar surface area (TPSA) is 35.5 Å². The van der Waals surface area contributed by atoms with Gasteiger partial charge in [-0.05, 0) is 19.8 Å². The van der Waals surface area contributed by atoms with Gasteiger partial charge in [0.15, 0.2) is 0 Å². The fourth-order valence-electron chi connectivity index (χ4n) is 0.591. The van der Waals surface area contributed by atoms with Gasteiger partial charge in [-0.1, -0.05) is 0 Å². The number of carbonyl (C=O) groups is 1. The third-order valence-corrected chi connectivity index (χ3v) is 1.25. The summed E-state index contributed by atoms with van der Waals surface area (Å²) in [4.78, 5) is 10.7. The van der Waals surface area contributed by atoms with Crippen LogP contribution in [0.15, 0.2) is 0 Å². The first-order valence-corrected chi connectivity index (χ1v) is 3.60. The van der Waals surface area contributed by atoms with Crippen LogP contribution in [0.2, 0.25) is 0 Å². The molecule has 0 radical (unpaired) electrons. The first-order chi connectivity index (χ1) is 4.83. The Balaban J connectivity index is 1.97. The first-order valence-electron chi connectivity index (χ1n) is 3.60. The Morgan fingerprint density at radius 1 is 1.60 bits per heavy atom. The van der Waals surface area contributed by atoms with Crippen molar-refractivity contribution in [1.29, 1.82) is 0 Å². The van der Waals surface area contributed by atoms with Gasteiger partial charge in [-0.15, -0.1) is 0 Å². The Morgan fingerprint density at radius 3 is 2.80 bits per heavy atom. The van der Waals surface area contributed by atoms with E-state index >= 15 is 0 Å². The van der Waals surface area contributed by atoms with Crippen molar-refractivity contribution in [2.75, 3.05) is 13.2 Å². The zero-order valence-electron chi connectivity index (χ0n) is 6.13. The molecule has 0 heterocycles. The summed E-state index contributed by atoms with van der Waals surface area (Å²) in [6.07, 6.45) is 2.25. The van der Waals surface area contributed by atoms with Crippen molar-refractivity contribution in [3.63, 3.8) is 0 Å². The lowest BCUT2D eigenvalue weighted by Crippen LogP contribution is -2.13. The minimum atomic E-state index is -0.232. The van der Waals surface area contributed by atoms with E-state index in [1.165, 1.54) is 0 Å². The molecule has 3 nitrogen and oxygen atoms in total. The van der Waals surface area contributed by atoms with Crippen LogP contribution < -0.4 is 0 Å². The number of hydrogen-bond acceptors (Lipinski definition) is 3. The molecule has 0 atom stereocenters. The van der Waals surface area contributed by atoms with Gasteiger partial charge in [-0.3, -0.25) is 0 Å². The molecule has 0 unspecified atom stereocenters. The van der Waals surface area contributed by atoms with Crippen LogP contribution in [-0.4, -0.2) is 25.3 Å². The monoisotopic (exact) mass is 144 g/mol. The van der Waals surface area contributed by atoms with E-state index in [2.05, 4.69) is 0 Å². The summed E-state index contributed by atoms with van der Waals surface area (Å²) in [5, 5.41) is 0. The molecule has 10 heavy (non-hydrogen) atoms. The molecule has 0 aromatic carbocycles. The highest BCUT2D eigenvalue weighted by Gasteiger charge is 2.25. The SMILES string of the molecule is CCOCC(=O)OC1CC1. The summed E-state index contributed by atoms with van der Waals surface area (Å²) < 4.78 is 9.75. The van der Waals surface area contributed by atoms with Crippen LogP contribution in [0.5, 0.6) is 0 Å². The summed E-state index contributed by atoms with van der Waals surface area (Å²) in [7, 11) is 0. The largest absolute Gasteiger partial charge is 0.461 e. The molecule has 0 aromatic rings. The number of rotatable bonds is 4. The van der Waals surface area contributed by atoms with Crippen molar-refractivity contribution in [1.82, 2.24) is 0 Å². The minimum Gasteiger partial charge on any atom is -0.461 e. The van der Waals surface area contributed by atoms with Crippen molar-refractivity contribution in [3.05, 3.63) is 0 Å². The van der Waals surface area contributed by atoms with Crippen molar-refractivity contribution in [2.24, 2.45) is 0 Å². The summed E-state index contributed by atoms with van der Waals surface area (Å²) in [6, 6.07) is 0. The molecular weight excluding hydrogens is 132 g/mol. The Labute approximate surface area is 60.3 Å². The molecule has 1 saturated carbocycles. The van der Waals surface area contributed by atoms with Crippen LogP contribution in [-0.2, 0) is 14.3 Å². The van der Waals surface area contributed by atoms with E-state index in [1.807, 2.05) is 6.92 Å². The molecule has 0 aliphatic heterocycles. The Bertz CT molecular complexity index is 118. The molecule has 0 saturated heterocycles. The highest BCUT2D eigenvalue weighted by atomic mass is 16.6. The van der Waals surface area contributed by atoms with Crippen LogP contribution in [0.4, 0.5) is 0 Å². The van der Waals surface area contributed by atoms with E-state index in [1.54, 1.807) is 0 Å². The fraction of sp³-hybridized carbons (Fsp3) is 0.857. The summed E-state index contributed by atoms with van der Waals surface area (Å²) in [5.41, 5.74) is 0. The average molecular weight is 144 g/mol. The van der Waals surface area contributed by atoms with Gasteiger partial charge in [0.2, 0.25) is 0 Å². The lowest BCUT2D eigenvalue weighted by atomic mass is 10.7. The van der Waals surface area contributed by atoms with Crippen LogP contribution in [0.25, 0.3) is 0 Å². The van der Waals surface area contributed by atoms with E-state index < -0.39 is 0 Å². The zero-order chi connectivity index (χ0) is 7.40. The van der Waals surface area contributed by atoms with Crippen molar-refractivity contribution in [3.8, 4) is 0 Å². The van der Waals surface area contributed by atoms with Crippen LogP contribution in [0, 0.1) is 0 Å². The molecule has 3 heteroatoms. The molecule has 1 aliphatic rings. The third-order valence-electron chi connectivity index (χ3n) is 1.25. The van der Waals surface area contributed by atoms with Gasteiger partial charge in [0.25, 0.3) is 0 Å². The smallest absolute Gasteiger partial charge is 0.332 e. The van der Waals surface area contributed by atoms with E-state index in [0.717, 1.165) is 12.8 Å². The first kappa shape index (κ1) is 7.54. The second-order valence-corrected chi connectivity index (χ2v) is 2.33. The fourth-order valence-corrected chi connectivity index (χ4v) is 0.591. The summed E-state index contributed by atoms with van der Waals surface area (Å²) >= 11 is 0. The second-order valence-electron chi connectivity index (χ2n) is 2.33. The van der Waals surface area contributed by atoms with Gasteiger partial charge < -0.3 is 9.47 Å². The highest BCUT2D eigenvalue weighted by Crippen LogP contribution is 2.23. The van der Waals surface area contributed by atoms with Crippen molar-refractivity contribution in [2.45, 2.75) is 25.9 Å². The van der Waals surface area contributed by atoms with E-state index in [4.69, 9.17) is 9.47 Å². The van der Waals surface area contributed by atoms with E-state index in [0.29, 0.717) is 6.61 Å². The van der Waals surface area contributed by atoms with Gasteiger partial charge in [0.05, 0.1) is 0 Å². The molecule has 1 rings (SSSR count). The molecule has 0 spiro atoms. The number of carbonyl (C=O) groups excluding carboxylic acids is 1. The lowest BCUT2D eigenvalue weighted by molar-refractivity contribution is -0.150. The Morgan fingerprint density at radius 2 is 2.30 bits per heavy atom. The number of hydrogen-bond donors (Lipinski definition) is 0. The zero-order valence-corrected chi connectivity index (χ0v) is 6.13. The highest BCUT2D eigenvalue weighted by molar-refractivity contribution is 5.71. The predicted molar refractivity (Wildman–Crippen MR) is 35.6 cm³/mol. The van der Waals surface area contributed by atoms with E-state index in [-0.39, 0.29) is 18.7 Å². The molecule has 0 N–H and O–H groups in total. The maximum absolute atomic E-state index is 10.7. The Kier molecular flexibility index (Phi) is 2.68. The van der Waals surface area contributed by atoms with Gasteiger partial charge in [-0.25, -0.2) is 4.79 Å². The average Bonchev–Trinajstić information content (AvgIpc) is 2.67. The maximum Gasteiger partial charge on any atom is 0.332 e.